The zero-order chi connectivity index (χ0) is 17.5. The third kappa shape index (κ3) is 6.28. The molecule has 1 fully saturated rings. The second kappa shape index (κ2) is 10.8. The normalized spacial score (nSPS) is 14.8. The standard InChI is InChI=1S/C16H22BrFN4O2.HI/c1-3-24-16(23)22-8-6-21(7-9-22)15(19-2)20-11-12-10-13(18)4-5-14(12)17;/h4-5,10H,3,6-9,11H2,1-2H3,(H,19,20);1H. The summed E-state index contributed by atoms with van der Waals surface area (Å²) in [6.45, 7) is 5.15. The van der Waals surface area contributed by atoms with Gasteiger partial charge in [0.05, 0.1) is 6.61 Å². The molecule has 1 aliphatic rings. The molecule has 0 radical (unpaired) electrons. The van der Waals surface area contributed by atoms with Crippen molar-refractivity contribution in [3.63, 3.8) is 0 Å². The summed E-state index contributed by atoms with van der Waals surface area (Å²) in [5.74, 6) is 0.461. The van der Waals surface area contributed by atoms with E-state index in [0.29, 0.717) is 39.3 Å². The maximum Gasteiger partial charge on any atom is 0.409 e. The second-order valence-corrected chi connectivity index (χ2v) is 6.16. The molecule has 1 N–H and O–H groups in total. The zero-order valence-corrected chi connectivity index (χ0v) is 18.2. The Morgan fingerprint density at radius 2 is 1.96 bits per heavy atom. The van der Waals surface area contributed by atoms with Crippen LogP contribution in [0.3, 0.4) is 0 Å². The van der Waals surface area contributed by atoms with Crippen LogP contribution in [0.1, 0.15) is 12.5 Å². The molecule has 1 heterocycles. The lowest BCUT2D eigenvalue weighted by Crippen LogP contribution is -2.53. The summed E-state index contributed by atoms with van der Waals surface area (Å²) in [7, 11) is 1.71. The van der Waals surface area contributed by atoms with Crippen LogP contribution in [0.2, 0.25) is 0 Å². The molecule has 0 aromatic heterocycles. The summed E-state index contributed by atoms with van der Waals surface area (Å²) < 4.78 is 19.2. The van der Waals surface area contributed by atoms with E-state index in [0.717, 1.165) is 16.0 Å². The van der Waals surface area contributed by atoms with E-state index in [1.807, 2.05) is 0 Å². The number of nitrogens with one attached hydrogen (secondary N) is 1. The highest BCUT2D eigenvalue weighted by Crippen LogP contribution is 2.17. The number of nitrogens with zero attached hydrogens (tertiary/aromatic N) is 3. The molecule has 2 rings (SSSR count). The second-order valence-electron chi connectivity index (χ2n) is 5.31. The van der Waals surface area contributed by atoms with Crippen molar-refractivity contribution in [2.75, 3.05) is 39.8 Å². The maximum absolute atomic E-state index is 13.4. The highest BCUT2D eigenvalue weighted by atomic mass is 127. The lowest BCUT2D eigenvalue weighted by atomic mass is 10.2. The van der Waals surface area contributed by atoms with Gasteiger partial charge in [-0.25, -0.2) is 9.18 Å². The van der Waals surface area contributed by atoms with Gasteiger partial charge in [-0.15, -0.1) is 24.0 Å². The number of piperazine rings is 1. The number of amides is 1. The fourth-order valence-corrected chi connectivity index (χ4v) is 2.89. The molecule has 0 saturated carbocycles. The number of aliphatic imine (C=N–C) groups is 1. The van der Waals surface area contributed by atoms with E-state index in [1.54, 1.807) is 24.9 Å². The van der Waals surface area contributed by atoms with Gasteiger partial charge in [-0.1, -0.05) is 15.9 Å². The number of hydrogen-bond acceptors (Lipinski definition) is 3. The number of carbonyl (C=O) groups is 1. The predicted molar refractivity (Wildman–Crippen MR) is 110 cm³/mol. The van der Waals surface area contributed by atoms with Crippen molar-refractivity contribution in [3.05, 3.63) is 34.1 Å². The van der Waals surface area contributed by atoms with E-state index in [1.165, 1.54) is 12.1 Å². The van der Waals surface area contributed by atoms with Crippen LogP contribution in [0.25, 0.3) is 0 Å². The van der Waals surface area contributed by atoms with Crippen molar-refractivity contribution in [3.8, 4) is 0 Å². The molecule has 1 saturated heterocycles. The molecule has 0 unspecified atom stereocenters. The Kier molecular flexibility index (Phi) is 9.47. The van der Waals surface area contributed by atoms with Crippen molar-refractivity contribution >= 4 is 52.0 Å². The first-order chi connectivity index (χ1) is 11.5. The Morgan fingerprint density at radius 3 is 2.56 bits per heavy atom. The molecule has 1 aromatic carbocycles. The first-order valence-electron chi connectivity index (χ1n) is 7.86. The first-order valence-corrected chi connectivity index (χ1v) is 8.65. The Labute approximate surface area is 172 Å². The number of benzene rings is 1. The van der Waals surface area contributed by atoms with Crippen molar-refractivity contribution in [1.29, 1.82) is 0 Å². The third-order valence-electron chi connectivity index (χ3n) is 3.76. The average molecular weight is 529 g/mol. The minimum absolute atomic E-state index is 0. The first kappa shape index (κ1) is 21.9. The van der Waals surface area contributed by atoms with Gasteiger partial charge in [0, 0.05) is 44.2 Å². The minimum Gasteiger partial charge on any atom is -0.450 e. The number of guanidine groups is 1. The van der Waals surface area contributed by atoms with E-state index in [9.17, 15) is 9.18 Å². The molecule has 0 atom stereocenters. The molecule has 0 aliphatic carbocycles. The molecular weight excluding hydrogens is 506 g/mol. The summed E-state index contributed by atoms with van der Waals surface area (Å²) in [4.78, 5) is 19.8. The molecule has 1 amide bonds. The lowest BCUT2D eigenvalue weighted by Gasteiger charge is -2.35. The molecule has 0 bridgehead atoms. The van der Waals surface area contributed by atoms with Gasteiger partial charge >= 0.3 is 6.09 Å². The fraction of sp³-hybridized carbons (Fsp3) is 0.500. The van der Waals surface area contributed by atoms with Gasteiger partial charge in [0.1, 0.15) is 5.82 Å². The van der Waals surface area contributed by atoms with Gasteiger partial charge < -0.3 is 19.9 Å². The number of halogens is 3. The van der Waals surface area contributed by atoms with E-state index < -0.39 is 0 Å². The van der Waals surface area contributed by atoms with Crippen LogP contribution in [0, 0.1) is 5.82 Å². The van der Waals surface area contributed by atoms with Gasteiger partial charge in [0.2, 0.25) is 0 Å². The van der Waals surface area contributed by atoms with E-state index in [4.69, 9.17) is 4.74 Å². The summed E-state index contributed by atoms with van der Waals surface area (Å²) in [6, 6.07) is 4.59. The maximum atomic E-state index is 13.4. The van der Waals surface area contributed by atoms with Crippen LogP contribution in [0.5, 0.6) is 0 Å². The Balaban J connectivity index is 0.00000312. The monoisotopic (exact) mass is 528 g/mol. The molecule has 140 valence electrons. The van der Waals surface area contributed by atoms with Crippen molar-refractivity contribution < 1.29 is 13.9 Å². The summed E-state index contributed by atoms with van der Waals surface area (Å²) in [6.07, 6.45) is -0.274. The van der Waals surface area contributed by atoms with Gasteiger partial charge in [0.25, 0.3) is 0 Å². The lowest BCUT2D eigenvalue weighted by molar-refractivity contribution is 0.0914. The molecule has 1 aliphatic heterocycles. The minimum atomic E-state index is -0.274. The Bertz CT molecular complexity index is 610. The van der Waals surface area contributed by atoms with Crippen LogP contribution >= 0.6 is 39.9 Å². The number of carbonyl (C=O) groups excluding carboxylic acids is 1. The van der Waals surface area contributed by atoms with Crippen LogP contribution in [0.4, 0.5) is 9.18 Å². The summed E-state index contributed by atoms with van der Waals surface area (Å²) >= 11 is 3.42. The van der Waals surface area contributed by atoms with Crippen LogP contribution in [-0.4, -0.2) is 61.7 Å². The van der Waals surface area contributed by atoms with Gasteiger partial charge in [-0.05, 0) is 30.7 Å². The molecular formula is C16H23BrFIN4O2. The number of rotatable bonds is 3. The van der Waals surface area contributed by atoms with Crippen LogP contribution < -0.4 is 5.32 Å². The van der Waals surface area contributed by atoms with E-state index >= 15 is 0 Å². The smallest absolute Gasteiger partial charge is 0.409 e. The molecule has 25 heavy (non-hydrogen) atoms. The topological polar surface area (TPSA) is 57.2 Å². The highest BCUT2D eigenvalue weighted by molar-refractivity contribution is 14.0. The molecule has 6 nitrogen and oxygen atoms in total. The summed E-state index contributed by atoms with van der Waals surface area (Å²) in [5.41, 5.74) is 0.821. The van der Waals surface area contributed by atoms with Crippen LogP contribution in [0.15, 0.2) is 27.7 Å². The average Bonchev–Trinajstić information content (AvgIpc) is 2.59. The van der Waals surface area contributed by atoms with E-state index in [2.05, 4.69) is 31.1 Å². The molecule has 9 heteroatoms. The Morgan fingerprint density at radius 1 is 1.32 bits per heavy atom. The Hall–Kier alpha value is -1.10. The third-order valence-corrected chi connectivity index (χ3v) is 4.54. The van der Waals surface area contributed by atoms with Crippen molar-refractivity contribution in [2.45, 2.75) is 13.5 Å². The fourth-order valence-electron chi connectivity index (χ4n) is 2.50. The SMILES string of the molecule is CCOC(=O)N1CCN(C(=NC)NCc2cc(F)ccc2Br)CC1.I. The molecule has 0 spiro atoms. The molecule has 1 aromatic rings. The predicted octanol–water partition coefficient (Wildman–Crippen LogP) is 3.06. The quantitative estimate of drug-likeness (QED) is 0.372. The highest BCUT2D eigenvalue weighted by Gasteiger charge is 2.23. The number of ether oxygens (including phenoxy) is 1. The van der Waals surface area contributed by atoms with E-state index in [-0.39, 0.29) is 35.9 Å². The zero-order valence-electron chi connectivity index (χ0n) is 14.3. The number of hydrogen-bond donors (Lipinski definition) is 1. The van der Waals surface area contributed by atoms with Crippen LogP contribution in [-0.2, 0) is 11.3 Å². The van der Waals surface area contributed by atoms with Gasteiger partial charge in [-0.2, -0.15) is 0 Å². The largest absolute Gasteiger partial charge is 0.450 e. The van der Waals surface area contributed by atoms with Crippen molar-refractivity contribution in [1.82, 2.24) is 15.1 Å². The summed E-state index contributed by atoms with van der Waals surface area (Å²) in [5, 5.41) is 3.24. The van der Waals surface area contributed by atoms with Gasteiger partial charge in [0.15, 0.2) is 5.96 Å². The van der Waals surface area contributed by atoms with Crippen molar-refractivity contribution in [2.24, 2.45) is 4.99 Å². The van der Waals surface area contributed by atoms with Gasteiger partial charge in [-0.3, -0.25) is 4.99 Å².